The van der Waals surface area contributed by atoms with E-state index >= 15 is 0 Å². The number of amides is 2. The largest absolute Gasteiger partial charge is 0.416 e. The second-order valence-corrected chi connectivity index (χ2v) is 5.18. The molecule has 0 unspecified atom stereocenters. The van der Waals surface area contributed by atoms with E-state index in [0.29, 0.717) is 11.3 Å². The van der Waals surface area contributed by atoms with Crippen LogP contribution >= 0.6 is 0 Å². The summed E-state index contributed by atoms with van der Waals surface area (Å²) in [6.45, 7) is 1.39. The Kier molecular flexibility index (Phi) is 5.23. The molecule has 2 amide bonds. The van der Waals surface area contributed by atoms with Crippen LogP contribution in [0.3, 0.4) is 0 Å². The molecule has 0 aliphatic heterocycles. The highest BCUT2D eigenvalue weighted by Crippen LogP contribution is 2.30. The minimum absolute atomic E-state index is 0.0105. The summed E-state index contributed by atoms with van der Waals surface area (Å²) in [5.41, 5.74) is 0.544. The Morgan fingerprint density at radius 3 is 2.21 bits per heavy atom. The molecule has 0 saturated carbocycles. The van der Waals surface area contributed by atoms with E-state index in [-0.39, 0.29) is 18.0 Å². The van der Waals surface area contributed by atoms with Crippen molar-refractivity contribution in [2.75, 3.05) is 10.6 Å². The van der Waals surface area contributed by atoms with Crippen LogP contribution in [-0.4, -0.2) is 11.8 Å². The lowest BCUT2D eigenvalue weighted by atomic mass is 10.1. The number of nitrogens with one attached hydrogen (secondary N) is 2. The van der Waals surface area contributed by atoms with Crippen LogP contribution in [0, 0.1) is 0 Å². The molecule has 7 heteroatoms. The van der Waals surface area contributed by atoms with Gasteiger partial charge < -0.3 is 10.6 Å². The molecule has 126 valence electrons. The normalized spacial score (nSPS) is 11.0. The number of carbonyl (C=O) groups is 2. The minimum atomic E-state index is -4.46. The fraction of sp³-hybridized carbons (Fsp3) is 0.176. The lowest BCUT2D eigenvalue weighted by molar-refractivity contribution is -0.137. The van der Waals surface area contributed by atoms with Crippen LogP contribution in [0.2, 0.25) is 0 Å². The van der Waals surface area contributed by atoms with Crippen LogP contribution in [0.1, 0.15) is 18.1 Å². The molecule has 2 N–H and O–H groups in total. The van der Waals surface area contributed by atoms with Crippen molar-refractivity contribution in [1.82, 2.24) is 0 Å². The molecule has 0 heterocycles. The Hall–Kier alpha value is -2.83. The number of carbonyl (C=O) groups excluding carboxylic acids is 2. The lowest BCUT2D eigenvalue weighted by Crippen LogP contribution is -2.15. The van der Waals surface area contributed by atoms with E-state index in [1.54, 1.807) is 24.3 Å². The zero-order chi connectivity index (χ0) is 17.7. The molecule has 0 saturated heterocycles. The molecule has 0 aliphatic rings. The van der Waals surface area contributed by atoms with Crippen molar-refractivity contribution in [2.24, 2.45) is 0 Å². The van der Waals surface area contributed by atoms with Gasteiger partial charge in [-0.15, -0.1) is 0 Å². The van der Waals surface area contributed by atoms with Crippen molar-refractivity contribution in [3.63, 3.8) is 0 Å². The van der Waals surface area contributed by atoms with Crippen LogP contribution in [0.5, 0.6) is 0 Å². The highest BCUT2D eigenvalue weighted by molar-refractivity contribution is 5.92. The third-order valence-corrected chi connectivity index (χ3v) is 3.11. The maximum atomic E-state index is 12.6. The summed E-state index contributed by atoms with van der Waals surface area (Å²) in [7, 11) is 0. The molecule has 0 aliphatic carbocycles. The van der Waals surface area contributed by atoms with Crippen LogP contribution in [0.15, 0.2) is 48.5 Å². The Morgan fingerprint density at radius 1 is 0.958 bits per heavy atom. The van der Waals surface area contributed by atoms with Gasteiger partial charge in [0.1, 0.15) is 0 Å². The average Bonchev–Trinajstić information content (AvgIpc) is 2.48. The van der Waals surface area contributed by atoms with Gasteiger partial charge in [-0.1, -0.05) is 18.2 Å². The van der Waals surface area contributed by atoms with Gasteiger partial charge in [0.05, 0.1) is 12.0 Å². The number of hydrogen-bond acceptors (Lipinski definition) is 2. The van der Waals surface area contributed by atoms with Crippen LogP contribution < -0.4 is 10.6 Å². The van der Waals surface area contributed by atoms with E-state index in [2.05, 4.69) is 10.6 Å². The summed E-state index contributed by atoms with van der Waals surface area (Å²) >= 11 is 0. The maximum Gasteiger partial charge on any atom is 0.416 e. The van der Waals surface area contributed by atoms with Gasteiger partial charge in [-0.05, 0) is 35.9 Å². The van der Waals surface area contributed by atoms with Crippen molar-refractivity contribution in [1.29, 1.82) is 0 Å². The topological polar surface area (TPSA) is 58.2 Å². The molecule has 2 rings (SSSR count). The van der Waals surface area contributed by atoms with Gasteiger partial charge in [0.15, 0.2) is 0 Å². The number of rotatable bonds is 4. The number of alkyl halides is 3. The molecule has 2 aromatic rings. The third-order valence-electron chi connectivity index (χ3n) is 3.11. The Labute approximate surface area is 136 Å². The summed E-state index contributed by atoms with van der Waals surface area (Å²) < 4.78 is 37.9. The third kappa shape index (κ3) is 5.12. The predicted molar refractivity (Wildman–Crippen MR) is 84.5 cm³/mol. The monoisotopic (exact) mass is 336 g/mol. The van der Waals surface area contributed by atoms with Gasteiger partial charge in [-0.25, -0.2) is 0 Å². The van der Waals surface area contributed by atoms with E-state index in [0.717, 1.165) is 12.1 Å². The number of anilines is 2. The second kappa shape index (κ2) is 7.16. The Morgan fingerprint density at radius 2 is 1.62 bits per heavy atom. The summed E-state index contributed by atoms with van der Waals surface area (Å²) in [6.07, 6.45) is -4.45. The summed E-state index contributed by atoms with van der Waals surface area (Å²) in [5.74, 6) is -0.633. The molecular weight excluding hydrogens is 321 g/mol. The van der Waals surface area contributed by atoms with Crippen LogP contribution in [-0.2, 0) is 22.2 Å². The quantitative estimate of drug-likeness (QED) is 0.891. The van der Waals surface area contributed by atoms with Crippen LogP contribution in [0.25, 0.3) is 0 Å². The fourth-order valence-electron chi connectivity index (χ4n) is 2.07. The fourth-order valence-corrected chi connectivity index (χ4v) is 2.07. The zero-order valence-electron chi connectivity index (χ0n) is 12.8. The van der Waals surface area contributed by atoms with E-state index in [4.69, 9.17) is 0 Å². The zero-order valence-corrected chi connectivity index (χ0v) is 12.8. The van der Waals surface area contributed by atoms with Gasteiger partial charge in [0, 0.05) is 18.3 Å². The van der Waals surface area contributed by atoms with E-state index in [1.165, 1.54) is 19.1 Å². The summed E-state index contributed by atoms with van der Waals surface area (Å²) in [6, 6.07) is 11.1. The highest BCUT2D eigenvalue weighted by atomic mass is 19.4. The lowest BCUT2D eigenvalue weighted by Gasteiger charge is -2.10. The first-order valence-electron chi connectivity index (χ1n) is 7.08. The standard InChI is InChI=1S/C17H15F3N2O2/c1-11(23)21-14-7-5-12(6-8-14)9-16(24)22-15-4-2-3-13(10-15)17(18,19)20/h2-8,10H,9H2,1H3,(H,21,23)(H,22,24). The Balaban J connectivity index is 1.99. The number of hydrogen-bond donors (Lipinski definition) is 2. The average molecular weight is 336 g/mol. The molecule has 24 heavy (non-hydrogen) atoms. The summed E-state index contributed by atoms with van der Waals surface area (Å²) in [5, 5.41) is 5.04. The Bertz CT molecular complexity index is 740. The molecule has 0 bridgehead atoms. The SMILES string of the molecule is CC(=O)Nc1ccc(CC(=O)Nc2cccc(C(F)(F)F)c2)cc1. The van der Waals surface area contributed by atoms with Crippen molar-refractivity contribution < 1.29 is 22.8 Å². The molecule has 0 aromatic heterocycles. The van der Waals surface area contributed by atoms with Gasteiger partial charge in [-0.3, -0.25) is 9.59 Å². The van der Waals surface area contributed by atoms with Gasteiger partial charge >= 0.3 is 6.18 Å². The summed E-state index contributed by atoms with van der Waals surface area (Å²) in [4.78, 5) is 22.9. The van der Waals surface area contributed by atoms with Crippen molar-refractivity contribution in [3.05, 3.63) is 59.7 Å². The molecule has 0 fully saturated rings. The smallest absolute Gasteiger partial charge is 0.326 e. The van der Waals surface area contributed by atoms with E-state index in [9.17, 15) is 22.8 Å². The highest BCUT2D eigenvalue weighted by Gasteiger charge is 2.30. The van der Waals surface area contributed by atoms with Crippen molar-refractivity contribution >= 4 is 23.2 Å². The first kappa shape index (κ1) is 17.5. The van der Waals surface area contributed by atoms with E-state index < -0.39 is 17.6 Å². The van der Waals surface area contributed by atoms with Gasteiger partial charge in [-0.2, -0.15) is 13.2 Å². The van der Waals surface area contributed by atoms with Crippen LogP contribution in [0.4, 0.5) is 24.5 Å². The predicted octanol–water partition coefficient (Wildman–Crippen LogP) is 3.85. The molecule has 0 radical (unpaired) electrons. The molecule has 0 atom stereocenters. The van der Waals surface area contributed by atoms with Gasteiger partial charge in [0.2, 0.25) is 11.8 Å². The molecule has 2 aromatic carbocycles. The first-order valence-corrected chi connectivity index (χ1v) is 7.08. The van der Waals surface area contributed by atoms with Crippen molar-refractivity contribution in [2.45, 2.75) is 19.5 Å². The maximum absolute atomic E-state index is 12.6. The molecule has 0 spiro atoms. The minimum Gasteiger partial charge on any atom is -0.326 e. The van der Waals surface area contributed by atoms with Crippen molar-refractivity contribution in [3.8, 4) is 0 Å². The molecule has 4 nitrogen and oxygen atoms in total. The van der Waals surface area contributed by atoms with E-state index in [1.807, 2.05) is 0 Å². The second-order valence-electron chi connectivity index (χ2n) is 5.18. The first-order chi connectivity index (χ1) is 11.2. The van der Waals surface area contributed by atoms with Gasteiger partial charge in [0.25, 0.3) is 0 Å². The molecular formula is C17H15F3N2O2. The number of halogens is 3. The number of benzene rings is 2.